The van der Waals surface area contributed by atoms with Gasteiger partial charge in [-0.25, -0.2) is 8.42 Å². The van der Waals surface area contributed by atoms with Crippen molar-refractivity contribution in [3.05, 3.63) is 72.1 Å². The van der Waals surface area contributed by atoms with Gasteiger partial charge in [0.2, 0.25) is 0 Å². The summed E-state index contributed by atoms with van der Waals surface area (Å²) in [6.45, 7) is 1.82. The molecule has 0 radical (unpaired) electrons. The van der Waals surface area contributed by atoms with Crippen LogP contribution in [0.15, 0.2) is 60.8 Å². The maximum atomic E-state index is 12.9. The second-order valence-electron chi connectivity index (χ2n) is 7.23. The minimum absolute atomic E-state index is 0.0230. The quantitative estimate of drug-likeness (QED) is 0.786. The van der Waals surface area contributed by atoms with Crippen LogP contribution in [0.1, 0.15) is 16.1 Å². The Balaban J connectivity index is 1.51. The predicted molar refractivity (Wildman–Crippen MR) is 109 cm³/mol. The van der Waals surface area contributed by atoms with Crippen molar-refractivity contribution in [2.75, 3.05) is 31.1 Å². The van der Waals surface area contributed by atoms with Crippen LogP contribution in [0.2, 0.25) is 0 Å². The molecular weight excluding hydrogens is 374 g/mol. The third kappa shape index (κ3) is 4.00. The lowest BCUT2D eigenvalue weighted by Crippen LogP contribution is -2.60. The first-order chi connectivity index (χ1) is 13.5. The Morgan fingerprint density at radius 3 is 2.54 bits per heavy atom. The second-order valence-corrected chi connectivity index (χ2v) is 9.39. The molecule has 3 heterocycles. The van der Waals surface area contributed by atoms with Crippen LogP contribution >= 0.6 is 0 Å². The number of hydrogen-bond donors (Lipinski definition) is 0. The molecule has 2 aliphatic heterocycles. The maximum Gasteiger partial charge on any atom is 0.272 e. The number of pyridine rings is 1. The van der Waals surface area contributed by atoms with Gasteiger partial charge in [0.05, 0.1) is 17.5 Å². The highest BCUT2D eigenvalue weighted by Crippen LogP contribution is 2.28. The summed E-state index contributed by atoms with van der Waals surface area (Å²) in [5.41, 5.74) is 1.48. The Morgan fingerprint density at radius 1 is 1.04 bits per heavy atom. The average molecular weight is 398 g/mol. The van der Waals surface area contributed by atoms with E-state index in [0.29, 0.717) is 25.3 Å². The Kier molecular flexibility index (Phi) is 5.28. The molecule has 2 saturated heterocycles. The lowest BCUT2D eigenvalue weighted by atomic mass is 10.0. The van der Waals surface area contributed by atoms with Crippen LogP contribution in [0.25, 0.3) is 6.08 Å². The topological polar surface area (TPSA) is 70.6 Å². The van der Waals surface area contributed by atoms with Gasteiger partial charge in [-0.3, -0.25) is 14.7 Å². The standard InChI is InChI=1S/C21H23N3O3S/c25-21(18-10-4-5-11-22-18)24-14-13-23(19-15-28(26,27)16-20(19)24)12-6-9-17-7-2-1-3-8-17/h1-11,19-20H,12-16H2/t19-,20+/m0/s1. The normalized spacial score (nSPS) is 24.4. The van der Waals surface area contributed by atoms with Crippen LogP contribution in [0.3, 0.4) is 0 Å². The molecule has 0 unspecified atom stereocenters. The zero-order valence-corrected chi connectivity index (χ0v) is 16.3. The number of hydrogen-bond acceptors (Lipinski definition) is 5. The number of piperazine rings is 1. The molecule has 4 rings (SSSR count). The lowest BCUT2D eigenvalue weighted by Gasteiger charge is -2.43. The van der Waals surface area contributed by atoms with Gasteiger partial charge < -0.3 is 4.90 Å². The van der Waals surface area contributed by atoms with E-state index in [-0.39, 0.29) is 29.5 Å². The summed E-state index contributed by atoms with van der Waals surface area (Å²) in [4.78, 5) is 20.9. The smallest absolute Gasteiger partial charge is 0.272 e. The highest BCUT2D eigenvalue weighted by atomic mass is 32.2. The molecule has 0 bridgehead atoms. The van der Waals surface area contributed by atoms with Crippen molar-refractivity contribution < 1.29 is 13.2 Å². The molecule has 1 aromatic heterocycles. The maximum absolute atomic E-state index is 12.9. The van der Waals surface area contributed by atoms with Crippen LogP contribution in [-0.4, -0.2) is 72.3 Å². The predicted octanol–water partition coefficient (Wildman–Crippen LogP) is 1.72. The zero-order chi connectivity index (χ0) is 19.6. The molecule has 0 saturated carbocycles. The molecule has 2 atom stereocenters. The fraction of sp³-hybridized carbons (Fsp3) is 0.333. The Labute approximate surface area is 165 Å². The molecule has 2 fully saturated rings. The zero-order valence-electron chi connectivity index (χ0n) is 15.5. The Bertz CT molecular complexity index is 961. The van der Waals surface area contributed by atoms with Crippen LogP contribution < -0.4 is 0 Å². The lowest BCUT2D eigenvalue weighted by molar-refractivity contribution is 0.0364. The largest absolute Gasteiger partial charge is 0.330 e. The molecular formula is C21H23N3O3S. The molecule has 146 valence electrons. The summed E-state index contributed by atoms with van der Waals surface area (Å²) >= 11 is 0. The monoisotopic (exact) mass is 397 g/mol. The fourth-order valence-corrected chi connectivity index (χ4v) is 6.04. The Morgan fingerprint density at radius 2 is 1.79 bits per heavy atom. The van der Waals surface area contributed by atoms with Crippen LogP contribution in [0.5, 0.6) is 0 Å². The number of rotatable bonds is 4. The number of sulfone groups is 1. The van der Waals surface area contributed by atoms with Crippen molar-refractivity contribution in [1.82, 2.24) is 14.8 Å². The summed E-state index contributed by atoms with van der Waals surface area (Å²) in [7, 11) is -3.17. The molecule has 1 amide bonds. The van der Waals surface area contributed by atoms with Crippen LogP contribution in [0, 0.1) is 0 Å². The van der Waals surface area contributed by atoms with Crippen LogP contribution in [0.4, 0.5) is 0 Å². The Hall–Kier alpha value is -2.51. The van der Waals surface area contributed by atoms with E-state index in [2.05, 4.69) is 16.0 Å². The van der Waals surface area contributed by atoms with Crippen molar-refractivity contribution in [3.63, 3.8) is 0 Å². The number of carbonyl (C=O) groups is 1. The SMILES string of the molecule is O=C(c1ccccn1)N1CCN(CC=Cc2ccccc2)[C@H]2CS(=O)(=O)C[C@H]21. The highest BCUT2D eigenvalue weighted by molar-refractivity contribution is 7.91. The molecule has 7 heteroatoms. The summed E-state index contributed by atoms with van der Waals surface area (Å²) in [6.07, 6.45) is 5.69. The molecule has 0 spiro atoms. The number of aromatic nitrogens is 1. The van der Waals surface area contributed by atoms with Gasteiger partial charge in [0, 0.05) is 31.9 Å². The first-order valence-electron chi connectivity index (χ1n) is 9.41. The van der Waals surface area contributed by atoms with Gasteiger partial charge in [-0.15, -0.1) is 0 Å². The van der Waals surface area contributed by atoms with Crippen molar-refractivity contribution in [2.24, 2.45) is 0 Å². The van der Waals surface area contributed by atoms with Gasteiger partial charge in [0.25, 0.3) is 5.91 Å². The molecule has 1 aromatic carbocycles. The molecule has 2 aliphatic rings. The first-order valence-corrected chi connectivity index (χ1v) is 11.2. The van der Waals surface area contributed by atoms with Crippen molar-refractivity contribution in [1.29, 1.82) is 0 Å². The van der Waals surface area contributed by atoms with E-state index in [1.165, 1.54) is 0 Å². The highest BCUT2D eigenvalue weighted by Gasteiger charge is 2.47. The fourth-order valence-electron chi connectivity index (χ4n) is 4.03. The molecule has 0 aliphatic carbocycles. The van der Waals surface area contributed by atoms with Crippen LogP contribution in [-0.2, 0) is 9.84 Å². The number of carbonyl (C=O) groups excluding carboxylic acids is 1. The van der Waals surface area contributed by atoms with Gasteiger partial charge in [-0.2, -0.15) is 0 Å². The number of fused-ring (bicyclic) bond motifs is 1. The van der Waals surface area contributed by atoms with E-state index in [1.54, 1.807) is 29.3 Å². The van der Waals surface area contributed by atoms with Gasteiger partial charge >= 0.3 is 0 Å². The van der Waals surface area contributed by atoms with E-state index in [9.17, 15) is 13.2 Å². The minimum atomic E-state index is -3.17. The third-order valence-corrected chi connectivity index (χ3v) is 7.08. The number of nitrogens with zero attached hydrogens (tertiary/aromatic N) is 3. The van der Waals surface area contributed by atoms with E-state index in [0.717, 1.165) is 5.56 Å². The van der Waals surface area contributed by atoms with E-state index < -0.39 is 9.84 Å². The summed E-state index contributed by atoms with van der Waals surface area (Å²) in [5, 5.41) is 0. The molecule has 6 nitrogen and oxygen atoms in total. The van der Waals surface area contributed by atoms with E-state index >= 15 is 0 Å². The van der Waals surface area contributed by atoms with Crippen molar-refractivity contribution >= 4 is 21.8 Å². The third-order valence-electron chi connectivity index (χ3n) is 5.39. The van der Waals surface area contributed by atoms with Gasteiger partial charge in [0.15, 0.2) is 9.84 Å². The summed E-state index contributed by atoms with van der Waals surface area (Å²) < 4.78 is 24.7. The van der Waals surface area contributed by atoms with E-state index in [4.69, 9.17) is 0 Å². The van der Waals surface area contributed by atoms with Gasteiger partial charge in [-0.1, -0.05) is 48.6 Å². The molecule has 28 heavy (non-hydrogen) atoms. The molecule has 2 aromatic rings. The number of amides is 1. The number of benzene rings is 1. The van der Waals surface area contributed by atoms with E-state index in [1.807, 2.05) is 36.4 Å². The summed E-state index contributed by atoms with van der Waals surface area (Å²) in [5.74, 6) is -0.0648. The second kappa shape index (κ2) is 7.85. The van der Waals surface area contributed by atoms with Crippen molar-refractivity contribution in [2.45, 2.75) is 12.1 Å². The average Bonchev–Trinajstić information content (AvgIpc) is 3.04. The van der Waals surface area contributed by atoms with Gasteiger partial charge in [0.1, 0.15) is 5.69 Å². The van der Waals surface area contributed by atoms with Gasteiger partial charge in [-0.05, 0) is 17.7 Å². The summed E-state index contributed by atoms with van der Waals surface area (Å²) in [6, 6.07) is 14.7. The molecule has 0 N–H and O–H groups in total. The van der Waals surface area contributed by atoms with Crippen molar-refractivity contribution in [3.8, 4) is 0 Å². The first kappa shape index (κ1) is 18.8. The minimum Gasteiger partial charge on any atom is -0.330 e.